The molecule has 0 aromatic heterocycles. The summed E-state index contributed by atoms with van der Waals surface area (Å²) >= 11 is 0. The first-order valence-corrected chi connectivity index (χ1v) is 10.2. The lowest BCUT2D eigenvalue weighted by atomic mass is 10.1. The van der Waals surface area contributed by atoms with Crippen molar-refractivity contribution >= 4 is 14.3 Å². The van der Waals surface area contributed by atoms with Gasteiger partial charge in [-0.3, -0.25) is 10.1 Å². The predicted octanol–water partition coefficient (Wildman–Crippen LogP) is 1.63. The van der Waals surface area contributed by atoms with E-state index in [-0.39, 0.29) is 29.2 Å². The first-order valence-electron chi connectivity index (χ1n) is 7.34. The lowest BCUT2D eigenvalue weighted by Gasteiger charge is -2.39. The molecule has 0 aromatic carbocycles. The molecule has 0 aliphatic carbocycles. The Bertz CT molecular complexity index is 342. The third kappa shape index (κ3) is 4.04. The summed E-state index contributed by atoms with van der Waals surface area (Å²) in [4.78, 5) is 11.7. The monoisotopic (exact) mass is 302 g/mol. The van der Waals surface area contributed by atoms with Crippen LogP contribution in [0, 0.1) is 0 Å². The van der Waals surface area contributed by atoms with Crippen LogP contribution in [0.15, 0.2) is 0 Å². The Kier molecular flexibility index (Phi) is 5.77. The molecule has 0 spiro atoms. The van der Waals surface area contributed by atoms with Crippen molar-refractivity contribution in [1.29, 1.82) is 0 Å². The SMILES string of the molecule is COC(=O)[C@@H]1C[C@@H](O[Si](C)(C)C(C)(C)C)[C@@H](CCN)N1. The smallest absolute Gasteiger partial charge is 0.322 e. The molecular formula is C14H30N2O3Si. The van der Waals surface area contributed by atoms with Gasteiger partial charge >= 0.3 is 5.97 Å². The fourth-order valence-corrected chi connectivity index (χ4v) is 3.64. The second-order valence-electron chi connectivity index (χ2n) is 7.08. The molecule has 118 valence electrons. The Hall–Kier alpha value is -0.433. The lowest BCUT2D eigenvalue weighted by molar-refractivity contribution is -0.142. The number of rotatable bonds is 5. The standard InChI is InChI=1S/C14H30N2O3Si/c1-14(2,3)20(5,6)19-12-9-11(13(17)18-4)16-10(12)7-8-15/h10-12,16H,7-9,15H2,1-6H3/t10-,11+,12-/m1/s1. The number of nitrogens with two attached hydrogens (primary N) is 1. The van der Waals surface area contributed by atoms with Gasteiger partial charge in [0.25, 0.3) is 0 Å². The minimum absolute atomic E-state index is 0.0449. The van der Waals surface area contributed by atoms with Crippen molar-refractivity contribution in [3.8, 4) is 0 Å². The first kappa shape index (κ1) is 17.6. The normalized spacial score (nSPS) is 27.6. The van der Waals surface area contributed by atoms with E-state index < -0.39 is 8.32 Å². The van der Waals surface area contributed by atoms with Crippen molar-refractivity contribution in [1.82, 2.24) is 5.32 Å². The summed E-state index contributed by atoms with van der Waals surface area (Å²) in [6, 6.07) is -0.135. The van der Waals surface area contributed by atoms with Crippen molar-refractivity contribution in [2.24, 2.45) is 5.73 Å². The molecule has 1 rings (SSSR count). The molecule has 1 heterocycles. The van der Waals surface area contributed by atoms with Crippen molar-refractivity contribution < 1.29 is 14.0 Å². The van der Waals surface area contributed by atoms with E-state index in [1.54, 1.807) is 0 Å². The Morgan fingerprint density at radius 3 is 2.45 bits per heavy atom. The number of carbonyl (C=O) groups excluding carboxylic acids is 1. The van der Waals surface area contributed by atoms with Gasteiger partial charge < -0.3 is 14.9 Å². The fraction of sp³-hybridized carbons (Fsp3) is 0.929. The highest BCUT2D eigenvalue weighted by Crippen LogP contribution is 2.39. The van der Waals surface area contributed by atoms with Crippen LogP contribution in [0.2, 0.25) is 18.1 Å². The van der Waals surface area contributed by atoms with Gasteiger partial charge in [0.2, 0.25) is 0 Å². The van der Waals surface area contributed by atoms with E-state index in [1.807, 2.05) is 0 Å². The molecular weight excluding hydrogens is 272 g/mol. The minimum atomic E-state index is -1.85. The summed E-state index contributed by atoms with van der Waals surface area (Å²) in [7, 11) is -0.428. The largest absolute Gasteiger partial charge is 0.468 e. The summed E-state index contributed by atoms with van der Waals surface area (Å²) in [5.41, 5.74) is 5.67. The zero-order valence-electron chi connectivity index (χ0n) is 13.7. The van der Waals surface area contributed by atoms with Crippen molar-refractivity contribution in [2.75, 3.05) is 13.7 Å². The molecule has 0 amide bonds. The van der Waals surface area contributed by atoms with Gasteiger partial charge in [0.1, 0.15) is 6.04 Å². The van der Waals surface area contributed by atoms with E-state index in [9.17, 15) is 4.79 Å². The number of nitrogens with one attached hydrogen (secondary N) is 1. The molecule has 0 radical (unpaired) electrons. The molecule has 0 bridgehead atoms. The maximum absolute atomic E-state index is 11.7. The summed E-state index contributed by atoms with van der Waals surface area (Å²) in [5, 5.41) is 3.47. The molecule has 1 fully saturated rings. The van der Waals surface area contributed by atoms with Gasteiger partial charge in [-0.05, 0) is 37.5 Å². The molecule has 0 saturated carbocycles. The van der Waals surface area contributed by atoms with Gasteiger partial charge in [-0.15, -0.1) is 0 Å². The number of esters is 1. The zero-order valence-corrected chi connectivity index (χ0v) is 14.7. The van der Waals surface area contributed by atoms with Crippen LogP contribution in [-0.2, 0) is 14.0 Å². The topological polar surface area (TPSA) is 73.6 Å². The van der Waals surface area contributed by atoms with Gasteiger partial charge in [-0.2, -0.15) is 0 Å². The van der Waals surface area contributed by atoms with E-state index in [4.69, 9.17) is 14.9 Å². The van der Waals surface area contributed by atoms with Crippen LogP contribution in [-0.4, -0.2) is 46.1 Å². The minimum Gasteiger partial charge on any atom is -0.468 e. The number of ether oxygens (including phenoxy) is 1. The average molecular weight is 302 g/mol. The van der Waals surface area contributed by atoms with Crippen molar-refractivity contribution in [3.05, 3.63) is 0 Å². The fourth-order valence-electron chi connectivity index (χ4n) is 2.27. The van der Waals surface area contributed by atoms with Crippen LogP contribution in [0.3, 0.4) is 0 Å². The maximum Gasteiger partial charge on any atom is 0.322 e. The highest BCUT2D eigenvalue weighted by Gasteiger charge is 2.45. The molecule has 1 aliphatic rings. The lowest BCUT2D eigenvalue weighted by Crippen LogP contribution is -2.47. The maximum atomic E-state index is 11.7. The number of methoxy groups -OCH3 is 1. The van der Waals surface area contributed by atoms with E-state index in [1.165, 1.54) is 7.11 Å². The second-order valence-corrected chi connectivity index (χ2v) is 11.8. The summed E-state index contributed by atoms with van der Waals surface area (Å²) in [6.07, 6.45) is 1.53. The van der Waals surface area contributed by atoms with Crippen molar-refractivity contribution in [2.45, 2.75) is 69.9 Å². The molecule has 3 atom stereocenters. The zero-order chi connectivity index (χ0) is 15.6. The summed E-state index contributed by atoms with van der Waals surface area (Å²) in [5.74, 6) is -0.214. The van der Waals surface area contributed by atoms with Gasteiger partial charge in [-0.1, -0.05) is 20.8 Å². The number of carbonyl (C=O) groups is 1. The van der Waals surface area contributed by atoms with Crippen LogP contribution < -0.4 is 11.1 Å². The van der Waals surface area contributed by atoms with Crippen LogP contribution in [0.1, 0.15) is 33.6 Å². The Morgan fingerprint density at radius 1 is 1.40 bits per heavy atom. The highest BCUT2D eigenvalue weighted by atomic mass is 28.4. The first-order chi connectivity index (χ1) is 9.12. The van der Waals surface area contributed by atoms with E-state index in [2.05, 4.69) is 39.2 Å². The Labute approximate surface area is 123 Å². The third-order valence-corrected chi connectivity index (χ3v) is 9.05. The predicted molar refractivity (Wildman–Crippen MR) is 83.1 cm³/mol. The van der Waals surface area contributed by atoms with E-state index in [0.717, 1.165) is 6.42 Å². The highest BCUT2D eigenvalue weighted by molar-refractivity contribution is 6.74. The molecule has 6 heteroatoms. The number of hydrogen-bond donors (Lipinski definition) is 2. The van der Waals surface area contributed by atoms with Crippen LogP contribution in [0.4, 0.5) is 0 Å². The molecule has 1 aliphatic heterocycles. The summed E-state index contributed by atoms with van der Waals surface area (Å²) in [6.45, 7) is 11.7. The molecule has 3 N–H and O–H groups in total. The number of hydrogen-bond acceptors (Lipinski definition) is 5. The molecule has 20 heavy (non-hydrogen) atoms. The van der Waals surface area contributed by atoms with Crippen LogP contribution in [0.5, 0.6) is 0 Å². The summed E-state index contributed by atoms with van der Waals surface area (Å²) < 4.78 is 11.3. The van der Waals surface area contributed by atoms with Crippen molar-refractivity contribution in [3.63, 3.8) is 0 Å². The average Bonchev–Trinajstić information content (AvgIpc) is 2.70. The molecule has 1 saturated heterocycles. The van der Waals surface area contributed by atoms with Crippen LogP contribution >= 0.6 is 0 Å². The van der Waals surface area contributed by atoms with E-state index in [0.29, 0.717) is 13.0 Å². The van der Waals surface area contributed by atoms with Gasteiger partial charge in [0.15, 0.2) is 8.32 Å². The molecule has 0 unspecified atom stereocenters. The van der Waals surface area contributed by atoms with Crippen LogP contribution in [0.25, 0.3) is 0 Å². The third-order valence-electron chi connectivity index (χ3n) is 4.55. The molecule has 5 nitrogen and oxygen atoms in total. The molecule has 0 aromatic rings. The second kappa shape index (κ2) is 6.55. The quantitative estimate of drug-likeness (QED) is 0.596. The van der Waals surface area contributed by atoms with Gasteiger partial charge in [-0.25, -0.2) is 0 Å². The van der Waals surface area contributed by atoms with Gasteiger partial charge in [0, 0.05) is 6.04 Å². The van der Waals surface area contributed by atoms with Gasteiger partial charge in [0.05, 0.1) is 13.2 Å². The Balaban J connectivity index is 2.78. The Morgan fingerprint density at radius 2 is 2.00 bits per heavy atom. The van der Waals surface area contributed by atoms with E-state index >= 15 is 0 Å².